The number of rotatable bonds is 6. The van der Waals surface area contributed by atoms with Crippen molar-refractivity contribution in [2.45, 2.75) is 20.4 Å². The van der Waals surface area contributed by atoms with Crippen molar-refractivity contribution >= 4 is 34.7 Å². The lowest BCUT2D eigenvalue weighted by atomic mass is 10.2. The van der Waals surface area contributed by atoms with E-state index in [0.717, 1.165) is 16.9 Å². The van der Waals surface area contributed by atoms with Crippen LogP contribution < -0.4 is 11.1 Å². The van der Waals surface area contributed by atoms with Crippen molar-refractivity contribution in [2.75, 3.05) is 11.9 Å². The van der Waals surface area contributed by atoms with Gasteiger partial charge in [-0.3, -0.25) is 14.4 Å². The molecule has 3 amide bonds. The number of carbonyl (C=O) groups excluding carboxylic acids is 3. The van der Waals surface area contributed by atoms with Gasteiger partial charge in [-0.05, 0) is 30.7 Å². The molecule has 0 atom stereocenters. The molecule has 1 aromatic heterocycles. The van der Waals surface area contributed by atoms with Gasteiger partial charge in [0.2, 0.25) is 11.8 Å². The second kappa shape index (κ2) is 7.74. The minimum Gasteiger partial charge on any atom is -0.366 e. The number of hydrogen-bond donors (Lipinski definition) is 2. The van der Waals surface area contributed by atoms with E-state index in [1.165, 1.54) is 13.0 Å². The molecule has 0 fully saturated rings. The van der Waals surface area contributed by atoms with Gasteiger partial charge in [0.05, 0.1) is 10.4 Å². The molecular formula is C17H19N3O3S. The summed E-state index contributed by atoms with van der Waals surface area (Å²) in [5.74, 6) is -0.857. The molecule has 0 radical (unpaired) electrons. The number of nitrogens with zero attached hydrogens (tertiary/aromatic N) is 1. The standard InChI is InChI=1S/C17H19N3O3S/c1-3-20(11(2)21)9-12-5-4-6-14(7-12)19-17(23)15-8-13(10-24-15)16(18)22/h4-8,10H,3,9H2,1-2H3,(H2,18,22)(H,19,23). The Morgan fingerprint density at radius 2 is 2.00 bits per heavy atom. The number of thiophene rings is 1. The zero-order valence-corrected chi connectivity index (χ0v) is 14.4. The number of anilines is 1. The summed E-state index contributed by atoms with van der Waals surface area (Å²) in [4.78, 5) is 36.9. The van der Waals surface area contributed by atoms with Crippen LogP contribution in [0.4, 0.5) is 5.69 Å². The average molecular weight is 345 g/mol. The Morgan fingerprint density at radius 3 is 2.58 bits per heavy atom. The number of nitrogens with two attached hydrogens (primary N) is 1. The van der Waals surface area contributed by atoms with Gasteiger partial charge in [0.15, 0.2) is 0 Å². The van der Waals surface area contributed by atoms with Gasteiger partial charge in [-0.2, -0.15) is 0 Å². The van der Waals surface area contributed by atoms with E-state index in [1.54, 1.807) is 16.3 Å². The Labute approximate surface area is 144 Å². The van der Waals surface area contributed by atoms with Gasteiger partial charge in [-0.15, -0.1) is 11.3 Å². The third-order valence-electron chi connectivity index (χ3n) is 3.49. The maximum atomic E-state index is 12.2. The van der Waals surface area contributed by atoms with Crippen molar-refractivity contribution < 1.29 is 14.4 Å². The summed E-state index contributed by atoms with van der Waals surface area (Å²) in [5.41, 5.74) is 7.06. The lowest BCUT2D eigenvalue weighted by Gasteiger charge is -2.19. The molecule has 3 N–H and O–H groups in total. The van der Waals surface area contributed by atoms with Crippen LogP contribution in [0.3, 0.4) is 0 Å². The van der Waals surface area contributed by atoms with Crippen LogP contribution >= 0.6 is 11.3 Å². The number of benzene rings is 1. The van der Waals surface area contributed by atoms with E-state index in [1.807, 2.05) is 25.1 Å². The highest BCUT2D eigenvalue weighted by molar-refractivity contribution is 7.12. The molecule has 2 aromatic rings. The fraction of sp³-hybridized carbons (Fsp3) is 0.235. The largest absolute Gasteiger partial charge is 0.366 e. The first-order valence-electron chi connectivity index (χ1n) is 7.44. The van der Waals surface area contributed by atoms with Gasteiger partial charge in [-0.1, -0.05) is 12.1 Å². The number of nitrogens with one attached hydrogen (secondary N) is 1. The van der Waals surface area contributed by atoms with Crippen molar-refractivity contribution in [1.82, 2.24) is 4.90 Å². The summed E-state index contributed by atoms with van der Waals surface area (Å²) in [6.45, 7) is 4.56. The van der Waals surface area contributed by atoms with Gasteiger partial charge in [0.1, 0.15) is 0 Å². The Hall–Kier alpha value is -2.67. The quantitative estimate of drug-likeness (QED) is 0.842. The molecule has 24 heavy (non-hydrogen) atoms. The number of primary amides is 1. The molecule has 1 aromatic carbocycles. The van der Waals surface area contributed by atoms with Gasteiger partial charge in [0.25, 0.3) is 5.91 Å². The van der Waals surface area contributed by atoms with E-state index in [-0.39, 0.29) is 11.8 Å². The summed E-state index contributed by atoms with van der Waals surface area (Å²) in [7, 11) is 0. The molecule has 7 heteroatoms. The van der Waals surface area contributed by atoms with Crippen LogP contribution in [0.1, 0.15) is 39.4 Å². The lowest BCUT2D eigenvalue weighted by Crippen LogP contribution is -2.27. The molecular weight excluding hydrogens is 326 g/mol. The monoisotopic (exact) mass is 345 g/mol. The minimum atomic E-state index is -0.559. The van der Waals surface area contributed by atoms with Gasteiger partial charge in [0, 0.05) is 31.1 Å². The molecule has 2 rings (SSSR count). The maximum absolute atomic E-state index is 12.2. The van der Waals surface area contributed by atoms with Crippen LogP contribution in [0.5, 0.6) is 0 Å². The van der Waals surface area contributed by atoms with E-state index in [0.29, 0.717) is 29.2 Å². The summed E-state index contributed by atoms with van der Waals surface area (Å²) in [6.07, 6.45) is 0. The first kappa shape index (κ1) is 17.7. The maximum Gasteiger partial charge on any atom is 0.265 e. The van der Waals surface area contributed by atoms with E-state index in [9.17, 15) is 14.4 Å². The molecule has 0 aliphatic rings. The fourth-order valence-corrected chi connectivity index (χ4v) is 2.98. The second-order valence-corrected chi connectivity index (χ2v) is 6.16. The minimum absolute atomic E-state index is 0.00417. The SMILES string of the molecule is CCN(Cc1cccc(NC(=O)c2cc(C(N)=O)cs2)c1)C(C)=O. The predicted octanol–water partition coefficient (Wildman–Crippen LogP) is 2.47. The van der Waals surface area contributed by atoms with E-state index in [4.69, 9.17) is 5.73 Å². The highest BCUT2D eigenvalue weighted by Gasteiger charge is 2.13. The zero-order valence-electron chi connectivity index (χ0n) is 13.5. The van der Waals surface area contributed by atoms with Crippen molar-refractivity contribution in [3.05, 3.63) is 51.7 Å². The summed E-state index contributed by atoms with van der Waals surface area (Å²) >= 11 is 1.16. The van der Waals surface area contributed by atoms with E-state index >= 15 is 0 Å². The molecule has 1 heterocycles. The summed E-state index contributed by atoms with van der Waals surface area (Å²) in [6, 6.07) is 8.79. The topological polar surface area (TPSA) is 92.5 Å². The molecule has 0 spiro atoms. The first-order chi connectivity index (χ1) is 11.4. The van der Waals surface area contributed by atoms with Crippen LogP contribution in [0.2, 0.25) is 0 Å². The molecule has 0 unspecified atom stereocenters. The van der Waals surface area contributed by atoms with Crippen LogP contribution in [-0.4, -0.2) is 29.2 Å². The Bertz CT molecular complexity index is 770. The second-order valence-electron chi connectivity index (χ2n) is 5.25. The zero-order chi connectivity index (χ0) is 17.7. The van der Waals surface area contributed by atoms with Gasteiger partial charge < -0.3 is 16.0 Å². The smallest absolute Gasteiger partial charge is 0.265 e. The Morgan fingerprint density at radius 1 is 1.25 bits per heavy atom. The van der Waals surface area contributed by atoms with Crippen molar-refractivity contribution in [2.24, 2.45) is 5.73 Å². The highest BCUT2D eigenvalue weighted by atomic mass is 32.1. The average Bonchev–Trinajstić information content (AvgIpc) is 3.03. The lowest BCUT2D eigenvalue weighted by molar-refractivity contribution is -0.129. The Kier molecular flexibility index (Phi) is 5.70. The fourth-order valence-electron chi connectivity index (χ4n) is 2.19. The molecule has 0 bridgehead atoms. The number of carbonyl (C=O) groups is 3. The molecule has 0 saturated carbocycles. The van der Waals surface area contributed by atoms with Crippen molar-refractivity contribution in [3.8, 4) is 0 Å². The summed E-state index contributed by atoms with van der Waals surface area (Å²) < 4.78 is 0. The molecule has 0 saturated heterocycles. The molecule has 6 nitrogen and oxygen atoms in total. The summed E-state index contributed by atoms with van der Waals surface area (Å²) in [5, 5.41) is 4.34. The number of amides is 3. The van der Waals surface area contributed by atoms with Crippen LogP contribution in [-0.2, 0) is 11.3 Å². The van der Waals surface area contributed by atoms with E-state index < -0.39 is 5.91 Å². The van der Waals surface area contributed by atoms with Crippen LogP contribution in [0.25, 0.3) is 0 Å². The van der Waals surface area contributed by atoms with Crippen LogP contribution in [0.15, 0.2) is 35.7 Å². The molecule has 0 aliphatic carbocycles. The first-order valence-corrected chi connectivity index (χ1v) is 8.32. The van der Waals surface area contributed by atoms with E-state index in [2.05, 4.69) is 5.32 Å². The van der Waals surface area contributed by atoms with Gasteiger partial charge in [-0.25, -0.2) is 0 Å². The van der Waals surface area contributed by atoms with Gasteiger partial charge >= 0.3 is 0 Å². The normalized spacial score (nSPS) is 10.2. The molecule has 0 aliphatic heterocycles. The Balaban J connectivity index is 2.09. The third kappa shape index (κ3) is 4.42. The van der Waals surface area contributed by atoms with Crippen molar-refractivity contribution in [3.63, 3.8) is 0 Å². The third-order valence-corrected chi connectivity index (χ3v) is 4.42. The molecule has 126 valence electrons. The predicted molar refractivity (Wildman–Crippen MR) is 94.0 cm³/mol. The highest BCUT2D eigenvalue weighted by Crippen LogP contribution is 2.18. The van der Waals surface area contributed by atoms with Crippen molar-refractivity contribution in [1.29, 1.82) is 0 Å². The van der Waals surface area contributed by atoms with Crippen LogP contribution in [0, 0.1) is 0 Å². The number of hydrogen-bond acceptors (Lipinski definition) is 4.